The Bertz CT molecular complexity index is 425. The van der Waals surface area contributed by atoms with Crippen LogP contribution in [0.5, 0.6) is 11.5 Å². The van der Waals surface area contributed by atoms with E-state index in [1.165, 1.54) is 18.4 Å². The molecule has 0 saturated heterocycles. The first-order chi connectivity index (χ1) is 9.33. The van der Waals surface area contributed by atoms with Crippen molar-refractivity contribution in [3.63, 3.8) is 0 Å². The molecule has 0 aromatic heterocycles. The van der Waals surface area contributed by atoms with Gasteiger partial charge in [0.1, 0.15) is 6.61 Å². The largest absolute Gasteiger partial charge is 0.490 e. The van der Waals surface area contributed by atoms with Crippen molar-refractivity contribution in [1.82, 2.24) is 5.32 Å². The van der Waals surface area contributed by atoms with Gasteiger partial charge in [0.25, 0.3) is 0 Å². The molecule has 104 valence electrons. The lowest BCUT2D eigenvalue weighted by atomic mass is 10.2. The first kappa shape index (κ1) is 13.9. The third-order valence-electron chi connectivity index (χ3n) is 3.05. The minimum Gasteiger partial charge on any atom is -0.490 e. The van der Waals surface area contributed by atoms with Crippen molar-refractivity contribution in [2.24, 2.45) is 0 Å². The lowest BCUT2D eigenvalue weighted by Gasteiger charge is -2.13. The summed E-state index contributed by atoms with van der Waals surface area (Å²) in [4.78, 5) is 0. The number of ether oxygens (including phenoxy) is 2. The zero-order valence-corrected chi connectivity index (χ0v) is 11.8. The average molecular weight is 261 g/mol. The fourth-order valence-electron chi connectivity index (χ4n) is 1.83. The highest BCUT2D eigenvalue weighted by Gasteiger charge is 2.20. The summed E-state index contributed by atoms with van der Waals surface area (Å²) < 4.78 is 11.3. The van der Waals surface area contributed by atoms with Gasteiger partial charge in [0, 0.05) is 12.6 Å². The summed E-state index contributed by atoms with van der Waals surface area (Å²) >= 11 is 0. The van der Waals surface area contributed by atoms with Gasteiger partial charge in [-0.05, 0) is 44.4 Å². The lowest BCUT2D eigenvalue weighted by molar-refractivity contribution is 0.296. The minimum absolute atomic E-state index is 0.580. The van der Waals surface area contributed by atoms with Crippen LogP contribution in [0.25, 0.3) is 0 Å². The lowest BCUT2D eigenvalue weighted by Crippen LogP contribution is -2.15. The van der Waals surface area contributed by atoms with Crippen LogP contribution in [0.4, 0.5) is 0 Å². The highest BCUT2D eigenvalue weighted by atomic mass is 16.5. The van der Waals surface area contributed by atoms with Gasteiger partial charge in [-0.2, -0.15) is 0 Å². The number of rotatable bonds is 8. The smallest absolute Gasteiger partial charge is 0.161 e. The quantitative estimate of drug-likeness (QED) is 0.728. The topological polar surface area (TPSA) is 30.5 Å². The average Bonchev–Trinajstić information content (AvgIpc) is 3.23. The molecule has 1 saturated carbocycles. The van der Waals surface area contributed by atoms with Crippen LogP contribution in [0, 0.1) is 0 Å². The van der Waals surface area contributed by atoms with Gasteiger partial charge in [0.15, 0.2) is 11.5 Å². The van der Waals surface area contributed by atoms with Gasteiger partial charge in [-0.1, -0.05) is 18.2 Å². The second kappa shape index (κ2) is 7.19. The summed E-state index contributed by atoms with van der Waals surface area (Å²) in [7, 11) is 0. The van der Waals surface area contributed by atoms with Gasteiger partial charge in [-0.25, -0.2) is 0 Å². The van der Waals surface area contributed by atoms with Gasteiger partial charge in [-0.15, -0.1) is 0 Å². The molecule has 0 radical (unpaired) electrons. The fourth-order valence-corrected chi connectivity index (χ4v) is 1.83. The van der Waals surface area contributed by atoms with E-state index >= 15 is 0 Å². The van der Waals surface area contributed by atoms with E-state index < -0.39 is 0 Å². The van der Waals surface area contributed by atoms with Crippen LogP contribution >= 0.6 is 0 Å². The molecule has 1 N–H and O–H groups in total. The van der Waals surface area contributed by atoms with Crippen molar-refractivity contribution >= 4 is 0 Å². The van der Waals surface area contributed by atoms with E-state index in [9.17, 15) is 0 Å². The van der Waals surface area contributed by atoms with Crippen molar-refractivity contribution in [1.29, 1.82) is 0 Å². The Hall–Kier alpha value is -1.48. The van der Waals surface area contributed by atoms with E-state index in [2.05, 4.69) is 17.4 Å². The third-order valence-corrected chi connectivity index (χ3v) is 3.05. The molecular formula is C16H23NO2. The molecule has 3 nitrogen and oxygen atoms in total. The second-order valence-corrected chi connectivity index (χ2v) is 4.75. The monoisotopic (exact) mass is 261 g/mol. The van der Waals surface area contributed by atoms with Crippen molar-refractivity contribution < 1.29 is 9.47 Å². The summed E-state index contributed by atoms with van der Waals surface area (Å²) in [6, 6.07) is 6.90. The standard InChI is InChI=1S/C16H23NO2/c1-3-5-10-19-15-9-6-13(11-16(15)18-4-2)12-17-14-7-8-14/h3,5-6,9,11,14,17H,4,7-8,10,12H2,1-2H3/b5-3+. The fraction of sp³-hybridized carbons (Fsp3) is 0.500. The van der Waals surface area contributed by atoms with Crippen molar-refractivity contribution in [3.8, 4) is 11.5 Å². The Labute approximate surface area is 115 Å². The molecule has 0 atom stereocenters. The SMILES string of the molecule is C/C=C/COc1ccc(CNC2CC2)cc1OCC. The van der Waals surface area contributed by atoms with E-state index in [1.807, 2.05) is 32.1 Å². The van der Waals surface area contributed by atoms with Gasteiger partial charge in [-0.3, -0.25) is 0 Å². The Morgan fingerprint density at radius 1 is 1.26 bits per heavy atom. The van der Waals surface area contributed by atoms with Gasteiger partial charge >= 0.3 is 0 Å². The molecule has 0 bridgehead atoms. The van der Waals surface area contributed by atoms with Crippen LogP contribution in [0.15, 0.2) is 30.4 Å². The maximum Gasteiger partial charge on any atom is 0.161 e. The number of allylic oxidation sites excluding steroid dienone is 1. The molecule has 0 aliphatic heterocycles. The van der Waals surface area contributed by atoms with Crippen molar-refractivity contribution in [3.05, 3.63) is 35.9 Å². The third kappa shape index (κ3) is 4.60. The predicted octanol–water partition coefficient (Wildman–Crippen LogP) is 3.29. The van der Waals surface area contributed by atoms with E-state index in [4.69, 9.17) is 9.47 Å². The number of hydrogen-bond donors (Lipinski definition) is 1. The van der Waals surface area contributed by atoms with Crippen LogP contribution in [-0.2, 0) is 6.54 Å². The zero-order chi connectivity index (χ0) is 13.5. The van der Waals surface area contributed by atoms with E-state index in [-0.39, 0.29) is 0 Å². The summed E-state index contributed by atoms with van der Waals surface area (Å²) in [5, 5.41) is 3.51. The summed E-state index contributed by atoms with van der Waals surface area (Å²) in [5.74, 6) is 1.65. The molecule has 3 heteroatoms. The van der Waals surface area contributed by atoms with Crippen LogP contribution in [-0.4, -0.2) is 19.3 Å². The van der Waals surface area contributed by atoms with Crippen LogP contribution < -0.4 is 14.8 Å². The van der Waals surface area contributed by atoms with Gasteiger partial charge in [0.05, 0.1) is 6.61 Å². The van der Waals surface area contributed by atoms with Crippen molar-refractivity contribution in [2.45, 2.75) is 39.3 Å². The van der Waals surface area contributed by atoms with E-state index in [0.29, 0.717) is 13.2 Å². The van der Waals surface area contributed by atoms with Crippen molar-refractivity contribution in [2.75, 3.05) is 13.2 Å². The molecule has 0 heterocycles. The molecule has 1 fully saturated rings. The predicted molar refractivity (Wildman–Crippen MR) is 77.8 cm³/mol. The molecule has 1 aromatic rings. The molecule has 1 aromatic carbocycles. The molecule has 0 unspecified atom stereocenters. The van der Waals surface area contributed by atoms with E-state index in [1.54, 1.807) is 0 Å². The first-order valence-electron chi connectivity index (χ1n) is 7.06. The molecular weight excluding hydrogens is 238 g/mol. The number of nitrogens with one attached hydrogen (secondary N) is 1. The zero-order valence-electron chi connectivity index (χ0n) is 11.8. The molecule has 0 spiro atoms. The Balaban J connectivity index is 1.99. The summed E-state index contributed by atoms with van der Waals surface area (Å²) in [6.07, 6.45) is 6.58. The Morgan fingerprint density at radius 2 is 2.11 bits per heavy atom. The molecule has 0 amide bonds. The number of benzene rings is 1. The summed E-state index contributed by atoms with van der Waals surface area (Å²) in [6.45, 7) is 6.11. The Kier molecular flexibility index (Phi) is 5.28. The minimum atomic E-state index is 0.580. The molecule has 19 heavy (non-hydrogen) atoms. The maximum atomic E-state index is 5.69. The Morgan fingerprint density at radius 3 is 2.79 bits per heavy atom. The number of hydrogen-bond acceptors (Lipinski definition) is 3. The molecule has 1 aliphatic rings. The van der Waals surface area contributed by atoms with Crippen LogP contribution in [0.1, 0.15) is 32.3 Å². The van der Waals surface area contributed by atoms with Crippen LogP contribution in [0.3, 0.4) is 0 Å². The first-order valence-corrected chi connectivity index (χ1v) is 7.06. The van der Waals surface area contributed by atoms with Gasteiger partial charge < -0.3 is 14.8 Å². The highest BCUT2D eigenvalue weighted by molar-refractivity contribution is 5.43. The molecule has 1 aliphatic carbocycles. The van der Waals surface area contributed by atoms with Gasteiger partial charge in [0.2, 0.25) is 0 Å². The maximum absolute atomic E-state index is 5.69. The second-order valence-electron chi connectivity index (χ2n) is 4.75. The van der Waals surface area contributed by atoms with E-state index in [0.717, 1.165) is 24.1 Å². The molecule has 2 rings (SSSR count). The normalized spacial score (nSPS) is 14.8. The van der Waals surface area contributed by atoms with Crippen LogP contribution in [0.2, 0.25) is 0 Å². The highest BCUT2D eigenvalue weighted by Crippen LogP contribution is 2.29. The summed E-state index contributed by atoms with van der Waals surface area (Å²) in [5.41, 5.74) is 1.24.